The summed E-state index contributed by atoms with van der Waals surface area (Å²) in [6.07, 6.45) is 4.23. The lowest BCUT2D eigenvalue weighted by molar-refractivity contribution is -0.133. The van der Waals surface area contributed by atoms with Crippen LogP contribution in [0.5, 0.6) is 0 Å². The summed E-state index contributed by atoms with van der Waals surface area (Å²) in [5, 5.41) is 11.7. The molecule has 0 saturated carbocycles. The number of carbonyl (C=O) groups is 1. The van der Waals surface area contributed by atoms with E-state index < -0.39 is 0 Å². The Hall–Kier alpha value is -2.25. The minimum Gasteiger partial charge on any atom is -0.352 e. The van der Waals surface area contributed by atoms with Crippen LogP contribution in [-0.2, 0) is 24.4 Å². The van der Waals surface area contributed by atoms with Crippen molar-refractivity contribution >= 4 is 5.91 Å². The molecule has 28 heavy (non-hydrogen) atoms. The fourth-order valence-electron chi connectivity index (χ4n) is 4.58. The standard InChI is InChI=1S/C21H30N6O/c1-25(2)12-18-13-27(24-23-18)14-19-10-17-8-9-26(19)15-20(17)21(28)22-11-16-6-4-3-5-7-16/h3-7,13,17,19-20H,8-12,14-15H2,1-2H3,(H,22,28)/t17-,19+,20-/m0/s1. The van der Waals surface area contributed by atoms with Gasteiger partial charge in [-0.05, 0) is 45.0 Å². The van der Waals surface area contributed by atoms with Crippen molar-refractivity contribution in [2.45, 2.75) is 38.5 Å². The van der Waals surface area contributed by atoms with Crippen molar-refractivity contribution in [3.05, 3.63) is 47.8 Å². The number of nitrogens with zero attached hydrogens (tertiary/aromatic N) is 5. The fraction of sp³-hybridized carbons (Fsp3) is 0.571. The van der Waals surface area contributed by atoms with Gasteiger partial charge in [0.1, 0.15) is 0 Å². The first kappa shape index (κ1) is 19.1. The van der Waals surface area contributed by atoms with Crippen LogP contribution >= 0.6 is 0 Å². The number of carbonyl (C=O) groups excluding carboxylic acids is 1. The number of rotatable bonds is 7. The molecule has 1 unspecified atom stereocenters. The van der Waals surface area contributed by atoms with Crippen LogP contribution in [0.2, 0.25) is 0 Å². The molecule has 4 heterocycles. The van der Waals surface area contributed by atoms with Gasteiger partial charge in [-0.3, -0.25) is 14.4 Å². The van der Waals surface area contributed by atoms with Gasteiger partial charge in [0, 0.05) is 31.9 Å². The summed E-state index contributed by atoms with van der Waals surface area (Å²) in [6, 6.07) is 10.6. The summed E-state index contributed by atoms with van der Waals surface area (Å²) in [5.41, 5.74) is 2.15. The highest BCUT2D eigenvalue weighted by Crippen LogP contribution is 2.37. The van der Waals surface area contributed by atoms with Gasteiger partial charge >= 0.3 is 0 Å². The molecule has 1 aromatic carbocycles. The Balaban J connectivity index is 1.31. The lowest BCUT2D eigenvalue weighted by atomic mass is 9.75. The summed E-state index contributed by atoms with van der Waals surface area (Å²) in [4.78, 5) is 17.3. The van der Waals surface area contributed by atoms with Crippen molar-refractivity contribution in [1.29, 1.82) is 0 Å². The number of aromatic nitrogens is 3. The maximum atomic E-state index is 12.8. The maximum Gasteiger partial charge on any atom is 0.224 e. The van der Waals surface area contributed by atoms with E-state index in [9.17, 15) is 4.79 Å². The Morgan fingerprint density at radius 1 is 1.29 bits per heavy atom. The third-order valence-electron chi connectivity index (χ3n) is 5.99. The molecule has 5 rings (SSSR count). The van der Waals surface area contributed by atoms with Crippen molar-refractivity contribution in [2.24, 2.45) is 11.8 Å². The number of amides is 1. The summed E-state index contributed by atoms with van der Waals surface area (Å²) in [7, 11) is 4.07. The highest BCUT2D eigenvalue weighted by molar-refractivity contribution is 5.79. The largest absolute Gasteiger partial charge is 0.352 e. The SMILES string of the molecule is CN(C)Cc1cn(C[C@H]2C[C@@H]3CCN2C[C@@H]3C(=O)NCc2ccccc2)nn1. The average Bonchev–Trinajstić information content (AvgIpc) is 3.13. The molecule has 7 heteroatoms. The van der Waals surface area contributed by atoms with Gasteiger partial charge in [0.15, 0.2) is 0 Å². The molecule has 0 aliphatic carbocycles. The third kappa shape index (κ3) is 4.42. The van der Waals surface area contributed by atoms with Crippen molar-refractivity contribution in [3.8, 4) is 0 Å². The average molecular weight is 383 g/mol. The van der Waals surface area contributed by atoms with Gasteiger partial charge < -0.3 is 10.2 Å². The summed E-state index contributed by atoms with van der Waals surface area (Å²) >= 11 is 0. The lowest BCUT2D eigenvalue weighted by Gasteiger charge is -2.49. The summed E-state index contributed by atoms with van der Waals surface area (Å²) < 4.78 is 1.97. The van der Waals surface area contributed by atoms with E-state index in [1.54, 1.807) is 0 Å². The molecule has 0 spiro atoms. The number of fused-ring (bicyclic) bond motifs is 3. The van der Waals surface area contributed by atoms with Crippen LogP contribution in [0.25, 0.3) is 0 Å². The predicted octanol–water partition coefficient (Wildman–Crippen LogP) is 1.37. The fourth-order valence-corrected chi connectivity index (χ4v) is 4.58. The zero-order valence-electron chi connectivity index (χ0n) is 16.8. The first-order chi connectivity index (χ1) is 13.6. The monoisotopic (exact) mass is 382 g/mol. The molecule has 3 aliphatic rings. The molecular formula is C21H30N6O. The zero-order chi connectivity index (χ0) is 19.5. The van der Waals surface area contributed by atoms with Crippen LogP contribution in [0.15, 0.2) is 36.5 Å². The maximum absolute atomic E-state index is 12.8. The van der Waals surface area contributed by atoms with E-state index in [2.05, 4.69) is 37.6 Å². The Labute approximate surface area is 166 Å². The first-order valence-electron chi connectivity index (χ1n) is 10.2. The van der Waals surface area contributed by atoms with Crippen molar-refractivity contribution in [3.63, 3.8) is 0 Å². The number of hydrogen-bond acceptors (Lipinski definition) is 5. The molecule has 150 valence electrons. The quantitative estimate of drug-likeness (QED) is 0.783. The number of benzene rings is 1. The van der Waals surface area contributed by atoms with Crippen molar-refractivity contribution < 1.29 is 4.79 Å². The highest BCUT2D eigenvalue weighted by Gasteiger charge is 2.43. The van der Waals surface area contributed by atoms with Crippen LogP contribution in [0.1, 0.15) is 24.1 Å². The molecule has 1 aromatic heterocycles. The zero-order valence-corrected chi connectivity index (χ0v) is 16.8. The number of hydrogen-bond donors (Lipinski definition) is 1. The normalized spacial score (nSPS) is 26.5. The van der Waals surface area contributed by atoms with Crippen LogP contribution in [0.4, 0.5) is 0 Å². The van der Waals surface area contributed by atoms with Gasteiger partial charge in [-0.25, -0.2) is 0 Å². The van der Waals surface area contributed by atoms with Crippen molar-refractivity contribution in [1.82, 2.24) is 30.1 Å². The van der Waals surface area contributed by atoms with Crippen LogP contribution < -0.4 is 5.32 Å². The van der Waals surface area contributed by atoms with Gasteiger partial charge in [0.25, 0.3) is 0 Å². The Bertz CT molecular complexity index is 789. The smallest absolute Gasteiger partial charge is 0.224 e. The summed E-state index contributed by atoms with van der Waals surface area (Å²) in [6.45, 7) is 4.21. The Morgan fingerprint density at radius 2 is 2.11 bits per heavy atom. The van der Waals surface area contributed by atoms with Gasteiger partial charge in [-0.2, -0.15) is 0 Å². The van der Waals surface area contributed by atoms with Gasteiger partial charge in [-0.1, -0.05) is 35.5 Å². The molecule has 1 amide bonds. The molecule has 3 saturated heterocycles. The molecule has 4 atom stereocenters. The van der Waals surface area contributed by atoms with E-state index in [4.69, 9.17) is 0 Å². The molecule has 7 nitrogen and oxygen atoms in total. The third-order valence-corrected chi connectivity index (χ3v) is 5.99. The van der Waals surface area contributed by atoms with Gasteiger partial charge in [0.2, 0.25) is 5.91 Å². The molecule has 1 N–H and O–H groups in total. The molecule has 3 aliphatic heterocycles. The topological polar surface area (TPSA) is 66.3 Å². The minimum absolute atomic E-state index is 0.105. The molecule has 2 bridgehead atoms. The van der Waals surface area contributed by atoms with E-state index >= 15 is 0 Å². The van der Waals surface area contributed by atoms with E-state index in [0.29, 0.717) is 18.5 Å². The van der Waals surface area contributed by atoms with Crippen LogP contribution in [0, 0.1) is 11.8 Å². The number of piperidine rings is 3. The van der Waals surface area contributed by atoms with Gasteiger partial charge in [-0.15, -0.1) is 5.10 Å². The number of nitrogens with one attached hydrogen (secondary N) is 1. The lowest BCUT2D eigenvalue weighted by Crippen LogP contribution is -2.58. The minimum atomic E-state index is 0.105. The second kappa shape index (κ2) is 8.41. The van der Waals surface area contributed by atoms with Crippen LogP contribution in [0.3, 0.4) is 0 Å². The Morgan fingerprint density at radius 3 is 2.82 bits per heavy atom. The van der Waals surface area contributed by atoms with E-state index in [1.165, 1.54) is 0 Å². The van der Waals surface area contributed by atoms with Crippen LogP contribution in [-0.4, -0.2) is 63.9 Å². The first-order valence-corrected chi connectivity index (χ1v) is 10.2. The Kier molecular flexibility index (Phi) is 5.73. The molecule has 2 aromatic rings. The predicted molar refractivity (Wildman–Crippen MR) is 107 cm³/mol. The van der Waals surface area contributed by atoms with Crippen molar-refractivity contribution in [2.75, 3.05) is 27.2 Å². The van der Waals surface area contributed by atoms with E-state index in [1.807, 2.05) is 43.2 Å². The molecule has 0 radical (unpaired) electrons. The molecule has 3 fully saturated rings. The second-order valence-corrected chi connectivity index (χ2v) is 8.41. The second-order valence-electron chi connectivity index (χ2n) is 8.41. The molecular weight excluding hydrogens is 352 g/mol. The highest BCUT2D eigenvalue weighted by atomic mass is 16.1. The summed E-state index contributed by atoms with van der Waals surface area (Å²) in [5.74, 6) is 0.773. The van der Waals surface area contributed by atoms with E-state index in [0.717, 1.165) is 50.3 Å². The van der Waals surface area contributed by atoms with Gasteiger partial charge in [0.05, 0.1) is 18.2 Å². The van der Waals surface area contributed by atoms with E-state index in [-0.39, 0.29) is 11.8 Å².